The summed E-state index contributed by atoms with van der Waals surface area (Å²) in [5.41, 5.74) is 5.33. The molecular formula is C41H74NO8P. The molecule has 296 valence electrons. The Morgan fingerprint density at radius 2 is 1.08 bits per heavy atom. The molecule has 0 aromatic heterocycles. The van der Waals surface area contributed by atoms with Crippen LogP contribution in [0, 0.1) is 0 Å². The van der Waals surface area contributed by atoms with Gasteiger partial charge in [-0.25, -0.2) is 4.57 Å². The summed E-state index contributed by atoms with van der Waals surface area (Å²) < 4.78 is 32.7. The highest BCUT2D eigenvalue weighted by Gasteiger charge is 2.25. The molecule has 0 radical (unpaired) electrons. The maximum Gasteiger partial charge on any atom is 0.472 e. The van der Waals surface area contributed by atoms with E-state index in [0.29, 0.717) is 12.8 Å². The van der Waals surface area contributed by atoms with E-state index in [2.05, 4.69) is 62.5 Å². The Kier molecular flexibility index (Phi) is 36.2. The van der Waals surface area contributed by atoms with E-state index in [4.69, 9.17) is 24.3 Å². The third-order valence-corrected chi connectivity index (χ3v) is 9.18. The van der Waals surface area contributed by atoms with E-state index in [1.165, 1.54) is 51.4 Å². The number of phosphoric acid groups is 1. The molecule has 0 fully saturated rings. The molecule has 51 heavy (non-hydrogen) atoms. The number of hydrogen-bond donors (Lipinski definition) is 2. The minimum absolute atomic E-state index is 0.0471. The predicted octanol–water partition coefficient (Wildman–Crippen LogP) is 11.2. The lowest BCUT2D eigenvalue weighted by atomic mass is 10.1. The highest BCUT2D eigenvalue weighted by atomic mass is 31.2. The molecule has 0 aliphatic rings. The molecular weight excluding hydrogens is 665 g/mol. The van der Waals surface area contributed by atoms with Crippen LogP contribution in [0.15, 0.2) is 48.6 Å². The Hall–Kier alpha value is -2.03. The number of carbonyl (C=O) groups excluding carboxylic acids is 2. The van der Waals surface area contributed by atoms with E-state index >= 15 is 0 Å². The van der Waals surface area contributed by atoms with Crippen molar-refractivity contribution in [3.8, 4) is 0 Å². The van der Waals surface area contributed by atoms with Crippen LogP contribution in [-0.2, 0) is 32.7 Å². The van der Waals surface area contributed by atoms with Crippen LogP contribution in [0.25, 0.3) is 0 Å². The van der Waals surface area contributed by atoms with Gasteiger partial charge in [-0.15, -0.1) is 0 Å². The highest BCUT2D eigenvalue weighted by Crippen LogP contribution is 2.43. The third kappa shape index (κ3) is 37.5. The standard InChI is InChI=1S/C41H74NO8P/c1-3-5-7-9-11-13-15-17-19-21-23-25-27-29-31-33-40(43)47-37-39(38-49-51(45,46)48-36-35-42)50-41(44)34-32-30-28-26-24-22-20-18-16-14-12-10-8-6-4-2/h5,7,11,13,17,19,22,24,39H,3-4,6,8-10,12,14-16,18,20-21,23,25-38,42H2,1-2H3,(H,45,46)/b7-5+,13-11+,19-17+,24-22+/t39-/m1/s1. The maximum absolute atomic E-state index is 12.5. The van der Waals surface area contributed by atoms with Crippen LogP contribution in [0.4, 0.5) is 0 Å². The van der Waals surface area contributed by atoms with Gasteiger partial charge >= 0.3 is 19.8 Å². The smallest absolute Gasteiger partial charge is 0.462 e. The molecule has 0 heterocycles. The molecule has 0 aliphatic heterocycles. The molecule has 2 atom stereocenters. The summed E-state index contributed by atoms with van der Waals surface area (Å²) in [5, 5.41) is 0. The number of esters is 2. The number of rotatable bonds is 37. The quantitative estimate of drug-likeness (QED) is 0.0276. The number of ether oxygens (including phenoxy) is 2. The van der Waals surface area contributed by atoms with Gasteiger partial charge in [0.05, 0.1) is 13.2 Å². The van der Waals surface area contributed by atoms with Crippen molar-refractivity contribution in [2.45, 2.75) is 174 Å². The maximum atomic E-state index is 12.5. The van der Waals surface area contributed by atoms with E-state index in [0.717, 1.165) is 77.0 Å². The van der Waals surface area contributed by atoms with E-state index in [-0.39, 0.29) is 32.6 Å². The lowest BCUT2D eigenvalue weighted by Gasteiger charge is -2.19. The summed E-state index contributed by atoms with van der Waals surface area (Å²) >= 11 is 0. The molecule has 9 nitrogen and oxygen atoms in total. The zero-order valence-corrected chi connectivity index (χ0v) is 33.2. The molecule has 0 saturated heterocycles. The van der Waals surface area contributed by atoms with Crippen LogP contribution < -0.4 is 5.73 Å². The Balaban J connectivity index is 4.25. The van der Waals surface area contributed by atoms with Gasteiger partial charge in [0, 0.05) is 19.4 Å². The molecule has 0 aromatic rings. The number of hydrogen-bond acceptors (Lipinski definition) is 8. The highest BCUT2D eigenvalue weighted by molar-refractivity contribution is 7.47. The van der Waals surface area contributed by atoms with Gasteiger partial charge < -0.3 is 20.1 Å². The van der Waals surface area contributed by atoms with E-state index in [9.17, 15) is 19.0 Å². The Labute approximate surface area is 311 Å². The minimum atomic E-state index is -4.38. The first kappa shape index (κ1) is 49.0. The zero-order chi connectivity index (χ0) is 37.5. The molecule has 0 rings (SSSR count). The molecule has 0 amide bonds. The van der Waals surface area contributed by atoms with Gasteiger partial charge in [0.2, 0.25) is 0 Å². The van der Waals surface area contributed by atoms with Crippen LogP contribution in [-0.4, -0.2) is 49.3 Å². The summed E-state index contributed by atoms with van der Waals surface area (Å²) in [5.74, 6) is -0.870. The van der Waals surface area contributed by atoms with Gasteiger partial charge in [-0.05, 0) is 70.6 Å². The van der Waals surface area contributed by atoms with Crippen LogP contribution in [0.5, 0.6) is 0 Å². The van der Waals surface area contributed by atoms with Gasteiger partial charge in [0.1, 0.15) is 6.61 Å². The normalized spacial score (nSPS) is 13.9. The molecule has 0 saturated carbocycles. The molecule has 10 heteroatoms. The van der Waals surface area contributed by atoms with Crippen molar-refractivity contribution in [2.24, 2.45) is 5.73 Å². The topological polar surface area (TPSA) is 134 Å². The first-order valence-electron chi connectivity index (χ1n) is 20.1. The van der Waals surface area contributed by atoms with Gasteiger partial charge in [0.15, 0.2) is 6.10 Å². The third-order valence-electron chi connectivity index (χ3n) is 8.20. The lowest BCUT2D eigenvalue weighted by molar-refractivity contribution is -0.161. The average molecular weight is 740 g/mol. The Bertz CT molecular complexity index is 981. The first-order valence-corrected chi connectivity index (χ1v) is 21.6. The monoisotopic (exact) mass is 740 g/mol. The van der Waals surface area contributed by atoms with Crippen molar-refractivity contribution in [1.29, 1.82) is 0 Å². The van der Waals surface area contributed by atoms with Crippen LogP contribution in [0.3, 0.4) is 0 Å². The number of phosphoric ester groups is 1. The summed E-state index contributed by atoms with van der Waals surface area (Å²) in [4.78, 5) is 34.8. The second kappa shape index (κ2) is 37.7. The predicted molar refractivity (Wildman–Crippen MR) is 210 cm³/mol. The Morgan fingerprint density at radius 1 is 0.608 bits per heavy atom. The van der Waals surface area contributed by atoms with Crippen LogP contribution in [0.1, 0.15) is 168 Å². The lowest BCUT2D eigenvalue weighted by Crippen LogP contribution is -2.29. The summed E-state index contributed by atoms with van der Waals surface area (Å²) in [6.07, 6.45) is 41.4. The molecule has 0 aromatic carbocycles. The second-order valence-corrected chi connectivity index (χ2v) is 14.6. The van der Waals surface area contributed by atoms with Crippen molar-refractivity contribution in [3.63, 3.8) is 0 Å². The van der Waals surface area contributed by atoms with Gasteiger partial charge in [-0.3, -0.25) is 18.6 Å². The van der Waals surface area contributed by atoms with E-state index in [1.54, 1.807) is 0 Å². The van der Waals surface area contributed by atoms with Crippen LogP contribution >= 0.6 is 7.82 Å². The van der Waals surface area contributed by atoms with E-state index < -0.39 is 32.5 Å². The van der Waals surface area contributed by atoms with Gasteiger partial charge in [-0.1, -0.05) is 133 Å². The van der Waals surface area contributed by atoms with Crippen LogP contribution in [0.2, 0.25) is 0 Å². The fraction of sp³-hybridized carbons (Fsp3) is 0.756. The van der Waals surface area contributed by atoms with E-state index in [1.807, 2.05) is 0 Å². The van der Waals surface area contributed by atoms with Crippen molar-refractivity contribution in [1.82, 2.24) is 0 Å². The summed E-state index contributed by atoms with van der Waals surface area (Å²) in [7, 11) is -4.38. The van der Waals surface area contributed by atoms with Crippen molar-refractivity contribution >= 4 is 19.8 Å². The fourth-order valence-electron chi connectivity index (χ4n) is 5.23. The van der Waals surface area contributed by atoms with Crippen molar-refractivity contribution in [3.05, 3.63) is 48.6 Å². The number of unbranched alkanes of at least 4 members (excludes halogenated alkanes) is 16. The summed E-state index contributed by atoms with van der Waals surface area (Å²) in [6, 6.07) is 0. The molecule has 0 bridgehead atoms. The fourth-order valence-corrected chi connectivity index (χ4v) is 6.00. The minimum Gasteiger partial charge on any atom is -0.462 e. The molecule has 3 N–H and O–H groups in total. The molecule has 0 spiro atoms. The second-order valence-electron chi connectivity index (χ2n) is 13.1. The molecule has 1 unspecified atom stereocenters. The number of nitrogens with two attached hydrogens (primary N) is 1. The SMILES string of the molecule is CC/C=C/C/C=C/C/C=C/CCCCCCCC(=O)OC[C@H](COP(=O)(O)OCCN)OC(=O)CCCCC/C=C/CCCCCCCCCC. The largest absolute Gasteiger partial charge is 0.472 e. The molecule has 0 aliphatic carbocycles. The van der Waals surface area contributed by atoms with Crippen molar-refractivity contribution in [2.75, 3.05) is 26.4 Å². The Morgan fingerprint density at radius 3 is 1.65 bits per heavy atom. The number of allylic oxidation sites excluding steroid dienone is 8. The average Bonchev–Trinajstić information content (AvgIpc) is 3.11. The summed E-state index contributed by atoms with van der Waals surface area (Å²) in [6.45, 7) is 3.57. The number of carbonyl (C=O) groups is 2. The van der Waals surface area contributed by atoms with Gasteiger partial charge in [-0.2, -0.15) is 0 Å². The first-order chi connectivity index (χ1) is 24.8. The van der Waals surface area contributed by atoms with Gasteiger partial charge in [0.25, 0.3) is 0 Å². The van der Waals surface area contributed by atoms with Crippen molar-refractivity contribution < 1.29 is 37.6 Å². The zero-order valence-electron chi connectivity index (χ0n) is 32.3.